The number of hydrogen-bond acceptors (Lipinski definition) is 5. The molecule has 3 heterocycles. The number of benzene rings is 2. The van der Waals surface area contributed by atoms with Gasteiger partial charge in [0.05, 0.1) is 18.6 Å². The lowest BCUT2D eigenvalue weighted by molar-refractivity contribution is -0.125. The van der Waals surface area contributed by atoms with Gasteiger partial charge in [-0.2, -0.15) is 0 Å². The summed E-state index contributed by atoms with van der Waals surface area (Å²) in [7, 11) is 6.20. The van der Waals surface area contributed by atoms with Gasteiger partial charge in [0.2, 0.25) is 11.8 Å². The van der Waals surface area contributed by atoms with Crippen molar-refractivity contribution in [3.05, 3.63) is 76.6 Å². The Morgan fingerprint density at radius 2 is 2.00 bits per heavy atom. The number of nitrogens with one attached hydrogen (secondary N) is 3. The molecule has 1 aliphatic heterocycles. The van der Waals surface area contributed by atoms with E-state index in [-0.39, 0.29) is 30.4 Å². The van der Waals surface area contributed by atoms with E-state index < -0.39 is 0 Å². The minimum Gasteiger partial charge on any atom is -0.394 e. The van der Waals surface area contributed by atoms with Gasteiger partial charge >= 0.3 is 0 Å². The lowest BCUT2D eigenvalue weighted by Crippen LogP contribution is -2.48. The summed E-state index contributed by atoms with van der Waals surface area (Å²) in [6, 6.07) is 12.8. The predicted octanol–water partition coefficient (Wildman–Crippen LogP) is 3.28. The van der Waals surface area contributed by atoms with Crippen molar-refractivity contribution in [3.8, 4) is 0 Å². The van der Waals surface area contributed by atoms with Crippen molar-refractivity contribution >= 4 is 39.2 Å². The molecule has 0 saturated carbocycles. The maximum Gasteiger partial charge on any atom is 0.248 e. The number of hydrogen-bond donors (Lipinski definition) is 5. The van der Waals surface area contributed by atoms with Crippen LogP contribution in [0.1, 0.15) is 52.5 Å². The minimum absolute atomic E-state index is 0.00901. The molecule has 0 bridgehead atoms. The lowest BCUT2D eigenvalue weighted by atomic mass is 9.80. The third-order valence-electron chi connectivity index (χ3n) is 9.85. The van der Waals surface area contributed by atoms with Crippen molar-refractivity contribution in [3.63, 3.8) is 0 Å². The Morgan fingerprint density at radius 3 is 2.73 bits per heavy atom. The number of nitrogens with zero attached hydrogens (tertiary/aromatic N) is 2. The van der Waals surface area contributed by atoms with Crippen LogP contribution in [0.4, 0.5) is 0 Å². The fourth-order valence-corrected chi connectivity index (χ4v) is 7.29. The zero-order chi connectivity index (χ0) is 31.1. The number of primary amides is 1. The van der Waals surface area contributed by atoms with Gasteiger partial charge in [0.15, 0.2) is 0 Å². The van der Waals surface area contributed by atoms with Crippen molar-refractivity contribution < 1.29 is 14.7 Å². The summed E-state index contributed by atoms with van der Waals surface area (Å²) in [6.07, 6.45) is 9.34. The van der Waals surface area contributed by atoms with Crippen LogP contribution in [0.3, 0.4) is 0 Å². The molecule has 44 heavy (non-hydrogen) atoms. The molecule has 9 nitrogen and oxygen atoms in total. The maximum atomic E-state index is 12.7. The zero-order valence-corrected chi connectivity index (χ0v) is 26.1. The molecule has 6 N–H and O–H groups in total. The number of carbonyl (C=O) groups is 2. The van der Waals surface area contributed by atoms with E-state index in [2.05, 4.69) is 69.7 Å². The van der Waals surface area contributed by atoms with E-state index >= 15 is 0 Å². The van der Waals surface area contributed by atoms with Gasteiger partial charge in [-0.25, -0.2) is 0 Å². The number of amides is 2. The van der Waals surface area contributed by atoms with Gasteiger partial charge in [0, 0.05) is 64.9 Å². The molecule has 0 unspecified atom stereocenters. The zero-order valence-electron chi connectivity index (χ0n) is 26.1. The summed E-state index contributed by atoms with van der Waals surface area (Å²) < 4.78 is 2.20. The van der Waals surface area contributed by atoms with Crippen molar-refractivity contribution in [2.24, 2.45) is 18.7 Å². The molecular weight excluding hydrogens is 552 g/mol. The van der Waals surface area contributed by atoms with Crippen LogP contribution in [-0.2, 0) is 31.1 Å². The molecule has 2 aliphatic carbocycles. The second kappa shape index (κ2) is 12.2. The number of carbonyl (C=O) groups excluding carboxylic acids is 2. The van der Waals surface area contributed by atoms with E-state index in [9.17, 15) is 14.7 Å². The highest BCUT2D eigenvalue weighted by atomic mass is 16.3. The van der Waals surface area contributed by atoms with Crippen molar-refractivity contribution in [2.75, 3.05) is 27.2 Å². The highest BCUT2D eigenvalue weighted by Gasteiger charge is 2.36. The first kappa shape index (κ1) is 30.1. The summed E-state index contributed by atoms with van der Waals surface area (Å²) in [5.41, 5.74) is 14.8. The smallest absolute Gasteiger partial charge is 0.248 e. The second-order valence-corrected chi connectivity index (χ2v) is 12.6. The van der Waals surface area contributed by atoms with Gasteiger partial charge in [-0.3, -0.25) is 14.5 Å². The summed E-state index contributed by atoms with van der Waals surface area (Å²) in [6.45, 7) is 2.66. The molecule has 0 spiro atoms. The molecule has 0 radical (unpaired) electrons. The van der Waals surface area contributed by atoms with Crippen LogP contribution >= 0.6 is 0 Å². The third kappa shape index (κ3) is 5.44. The van der Waals surface area contributed by atoms with Gasteiger partial charge in [0.1, 0.15) is 0 Å². The number of fused-ring (bicyclic) bond motifs is 5. The molecule has 7 rings (SSSR count). The van der Waals surface area contributed by atoms with Crippen molar-refractivity contribution in [1.29, 1.82) is 0 Å². The Hall–Kier alpha value is -3.92. The average molecular weight is 597 g/mol. The van der Waals surface area contributed by atoms with Gasteiger partial charge in [-0.1, -0.05) is 25.1 Å². The number of aliphatic hydroxyl groups excluding tert-OH is 1. The second-order valence-electron chi connectivity index (χ2n) is 12.6. The fraction of sp³-hybridized carbons (Fsp3) is 0.429. The van der Waals surface area contributed by atoms with E-state index in [1.54, 1.807) is 6.07 Å². The van der Waals surface area contributed by atoms with E-state index in [4.69, 9.17) is 5.73 Å². The number of aromatic nitrogens is 2. The molecule has 4 aromatic rings. The van der Waals surface area contributed by atoms with Crippen LogP contribution in [0.5, 0.6) is 0 Å². The topological polar surface area (TPSA) is 128 Å². The predicted molar refractivity (Wildman–Crippen MR) is 176 cm³/mol. The number of aryl methyl sites for hydroxylation is 2. The number of aliphatic hydroxyl groups is 1. The van der Waals surface area contributed by atoms with Crippen LogP contribution in [0.2, 0.25) is 0 Å². The monoisotopic (exact) mass is 596 g/mol. The molecule has 2 amide bonds. The van der Waals surface area contributed by atoms with E-state index in [0.29, 0.717) is 24.2 Å². The number of likely N-dealkylation sites (N-methyl/N-ethyl adjacent to an activating group) is 2. The fourth-order valence-electron chi connectivity index (χ4n) is 7.29. The van der Waals surface area contributed by atoms with Gasteiger partial charge in [0.25, 0.3) is 0 Å². The molecule has 2 aromatic carbocycles. The third-order valence-corrected chi connectivity index (χ3v) is 9.85. The Morgan fingerprint density at radius 1 is 1.18 bits per heavy atom. The summed E-state index contributed by atoms with van der Waals surface area (Å²) in [4.78, 5) is 29.7. The van der Waals surface area contributed by atoms with Gasteiger partial charge in [-0.05, 0) is 92.7 Å². The van der Waals surface area contributed by atoms with E-state index in [0.717, 1.165) is 43.0 Å². The molecule has 4 atom stereocenters. The Bertz CT molecular complexity index is 1750. The standard InChI is InChI=1S/C21H27N3O2.C14H17N3O/c1-4-15(12-25)22-21(26)14-8-17-16-6-5-7-18-20(16)13(10-23(18)2)9-19(17)24(3)11-14;1-16-9-3-5-13-11(7-9)10-6-8(14(15)18)2-4-12(10)17-13/h5-8,10,14-15,19,25H,4,9,11-12H2,1-3H3,(H,22,26);2,4,6,9,16-17H,3,5,7H2,1H3,(H2,15,18)/t14-,15+,19-;9-/m11/s1. The number of H-pyrrole nitrogens is 1. The molecule has 3 aliphatic rings. The SMILES string of the molecule is CC[C@@H](CO)NC(=O)[C@@H]1C=C2c3cccc4c3c(cn4C)C[C@H]2N(C)C1.CN[C@@H]1CCc2[nH]c3ccc(C(N)=O)cc3c2C1. The number of aromatic amines is 1. The molecule has 232 valence electrons. The first-order valence-electron chi connectivity index (χ1n) is 15.7. The van der Waals surface area contributed by atoms with Crippen LogP contribution in [-0.4, -0.2) is 76.7 Å². The molecule has 0 fully saturated rings. The van der Waals surface area contributed by atoms with Gasteiger partial charge < -0.3 is 31.0 Å². The molecule has 0 saturated heterocycles. The van der Waals surface area contributed by atoms with Crippen molar-refractivity contribution in [1.82, 2.24) is 25.1 Å². The van der Waals surface area contributed by atoms with Gasteiger partial charge in [-0.15, -0.1) is 0 Å². The molecule has 9 heteroatoms. The van der Waals surface area contributed by atoms with E-state index in [1.807, 2.05) is 26.1 Å². The molecular formula is C35H44N6O3. The Kier molecular flexibility index (Phi) is 8.37. The Labute approximate surface area is 258 Å². The highest BCUT2D eigenvalue weighted by Crippen LogP contribution is 2.41. The first-order chi connectivity index (χ1) is 21.2. The van der Waals surface area contributed by atoms with Crippen molar-refractivity contribution in [2.45, 2.75) is 57.2 Å². The quantitative estimate of drug-likeness (QED) is 0.233. The summed E-state index contributed by atoms with van der Waals surface area (Å²) in [5, 5.41) is 18.2. The average Bonchev–Trinajstić information content (AvgIpc) is 3.57. The maximum absolute atomic E-state index is 12.7. The number of nitrogens with two attached hydrogens (primary N) is 1. The summed E-state index contributed by atoms with van der Waals surface area (Å²) >= 11 is 0. The molecule has 2 aromatic heterocycles. The van der Waals surface area contributed by atoms with E-state index in [1.165, 1.54) is 38.9 Å². The minimum atomic E-state index is -0.368. The highest BCUT2D eigenvalue weighted by molar-refractivity contribution is 6.00. The normalized spacial score (nSPS) is 21.6. The van der Waals surface area contributed by atoms with Crippen LogP contribution in [0, 0.1) is 5.92 Å². The van der Waals surface area contributed by atoms with Crippen LogP contribution in [0.15, 0.2) is 48.7 Å². The first-order valence-corrected chi connectivity index (χ1v) is 15.7. The number of rotatable bonds is 6. The van der Waals surface area contributed by atoms with Crippen LogP contribution < -0.4 is 16.4 Å². The lowest BCUT2D eigenvalue weighted by Gasteiger charge is -2.39. The van der Waals surface area contributed by atoms with Crippen LogP contribution in [0.25, 0.3) is 27.4 Å². The largest absolute Gasteiger partial charge is 0.394 e. The Balaban J connectivity index is 0.000000167. The summed E-state index contributed by atoms with van der Waals surface area (Å²) in [5.74, 6) is -0.546.